The Morgan fingerprint density at radius 1 is 1.21 bits per heavy atom. The maximum atomic E-state index is 11.8. The van der Waals surface area contributed by atoms with E-state index in [9.17, 15) is 9.90 Å². The summed E-state index contributed by atoms with van der Waals surface area (Å²) in [6.07, 6.45) is 1.51. The number of carbonyl (C=O) groups is 1. The van der Waals surface area contributed by atoms with E-state index >= 15 is 0 Å². The molecule has 2 rings (SSSR count). The zero-order valence-corrected chi connectivity index (χ0v) is 10.6. The van der Waals surface area contributed by atoms with Gasteiger partial charge in [-0.3, -0.25) is 4.79 Å². The number of nitrogens with zero attached hydrogens (tertiary/aromatic N) is 1. The number of nitrogens with one attached hydrogen (secondary N) is 1. The average Bonchev–Trinajstić information content (AvgIpc) is 2.42. The number of benzene rings is 2. The minimum absolute atomic E-state index is 0.0812. The van der Waals surface area contributed by atoms with E-state index < -0.39 is 5.91 Å². The van der Waals surface area contributed by atoms with E-state index in [-0.39, 0.29) is 11.3 Å². The fourth-order valence-electron chi connectivity index (χ4n) is 1.45. The first-order chi connectivity index (χ1) is 9.16. The van der Waals surface area contributed by atoms with Gasteiger partial charge >= 0.3 is 0 Å². The van der Waals surface area contributed by atoms with Crippen LogP contribution in [0, 0.1) is 0 Å². The van der Waals surface area contributed by atoms with Crippen molar-refractivity contribution in [1.82, 2.24) is 5.43 Å². The molecule has 0 bridgehead atoms. The normalized spacial score (nSPS) is 10.6. The van der Waals surface area contributed by atoms with E-state index in [1.54, 1.807) is 0 Å². The van der Waals surface area contributed by atoms with Crippen molar-refractivity contribution in [2.45, 2.75) is 0 Å². The lowest BCUT2D eigenvalue weighted by atomic mass is 10.2. The maximum absolute atomic E-state index is 11.8. The van der Waals surface area contributed by atoms with E-state index in [1.165, 1.54) is 24.4 Å². The molecular weight excluding hydrogens is 264 g/mol. The van der Waals surface area contributed by atoms with Crippen LogP contribution in [0.1, 0.15) is 15.9 Å². The highest BCUT2D eigenvalue weighted by atomic mass is 35.5. The number of hydrogen-bond acceptors (Lipinski definition) is 3. The number of carbonyl (C=O) groups excluding carboxylic acids is 1. The first kappa shape index (κ1) is 13.1. The van der Waals surface area contributed by atoms with E-state index in [0.717, 1.165) is 5.56 Å². The third-order valence-corrected chi connectivity index (χ3v) is 2.62. The fourth-order valence-corrected chi connectivity index (χ4v) is 1.63. The largest absolute Gasteiger partial charge is 0.507 e. The Bertz CT molecular complexity index is 612. The number of phenols is 1. The van der Waals surface area contributed by atoms with Crippen molar-refractivity contribution in [3.8, 4) is 5.75 Å². The number of rotatable bonds is 3. The first-order valence-electron chi connectivity index (χ1n) is 5.54. The van der Waals surface area contributed by atoms with Gasteiger partial charge in [0.25, 0.3) is 5.91 Å². The molecule has 2 N–H and O–H groups in total. The zero-order chi connectivity index (χ0) is 13.7. The summed E-state index contributed by atoms with van der Waals surface area (Å²) >= 11 is 5.76. The van der Waals surface area contributed by atoms with Gasteiger partial charge in [0.2, 0.25) is 0 Å². The Labute approximate surface area is 115 Å². The number of amides is 1. The maximum Gasteiger partial charge on any atom is 0.275 e. The summed E-state index contributed by atoms with van der Waals surface area (Å²) < 4.78 is 0. The highest BCUT2D eigenvalue weighted by Crippen LogP contribution is 2.21. The molecule has 2 aromatic carbocycles. The molecule has 2 aromatic rings. The molecule has 19 heavy (non-hydrogen) atoms. The molecule has 1 amide bonds. The van der Waals surface area contributed by atoms with Crippen molar-refractivity contribution in [2.24, 2.45) is 5.10 Å². The quantitative estimate of drug-likeness (QED) is 0.668. The standard InChI is InChI=1S/C14H11ClN2O2/c15-11-6-7-13(18)12(8-11)14(19)17-16-9-10-4-2-1-3-5-10/h1-9,18H,(H,17,19)/b16-9-. The lowest BCUT2D eigenvalue weighted by Gasteiger charge is -2.03. The third kappa shape index (κ3) is 3.56. The van der Waals surface area contributed by atoms with Gasteiger partial charge in [0.15, 0.2) is 0 Å². The monoisotopic (exact) mass is 274 g/mol. The van der Waals surface area contributed by atoms with Crippen LogP contribution in [0.15, 0.2) is 53.6 Å². The Balaban J connectivity index is 2.06. The van der Waals surface area contributed by atoms with Crippen molar-refractivity contribution in [3.63, 3.8) is 0 Å². The average molecular weight is 275 g/mol. The number of hydrazone groups is 1. The highest BCUT2D eigenvalue weighted by Gasteiger charge is 2.10. The second-order valence-corrected chi connectivity index (χ2v) is 4.21. The van der Waals surface area contributed by atoms with E-state index in [1.807, 2.05) is 30.3 Å². The number of aromatic hydroxyl groups is 1. The Morgan fingerprint density at radius 2 is 1.95 bits per heavy atom. The summed E-state index contributed by atoms with van der Waals surface area (Å²) in [4.78, 5) is 11.8. The molecule has 0 atom stereocenters. The van der Waals surface area contributed by atoms with E-state index in [4.69, 9.17) is 11.6 Å². The van der Waals surface area contributed by atoms with Crippen molar-refractivity contribution in [3.05, 3.63) is 64.7 Å². The molecular formula is C14H11ClN2O2. The van der Waals surface area contributed by atoms with Crippen molar-refractivity contribution >= 4 is 23.7 Å². The zero-order valence-electron chi connectivity index (χ0n) is 9.88. The first-order valence-corrected chi connectivity index (χ1v) is 5.91. The van der Waals surface area contributed by atoms with Crippen LogP contribution < -0.4 is 5.43 Å². The van der Waals surface area contributed by atoms with Crippen LogP contribution in [0.3, 0.4) is 0 Å². The molecule has 0 saturated heterocycles. The number of phenolic OH excluding ortho intramolecular Hbond substituents is 1. The van der Waals surface area contributed by atoms with Gasteiger partial charge in [-0.25, -0.2) is 5.43 Å². The molecule has 0 aliphatic rings. The summed E-state index contributed by atoms with van der Waals surface area (Å²) in [6, 6.07) is 13.6. The smallest absolute Gasteiger partial charge is 0.275 e. The van der Waals surface area contributed by atoms with Crippen LogP contribution in [0.25, 0.3) is 0 Å². The molecule has 0 aliphatic carbocycles. The van der Waals surface area contributed by atoms with E-state index in [2.05, 4.69) is 10.5 Å². The van der Waals surface area contributed by atoms with Gasteiger partial charge in [0, 0.05) is 5.02 Å². The van der Waals surface area contributed by atoms with E-state index in [0.29, 0.717) is 5.02 Å². The fraction of sp³-hybridized carbons (Fsp3) is 0. The Kier molecular flexibility index (Phi) is 4.15. The third-order valence-electron chi connectivity index (χ3n) is 2.38. The molecule has 0 radical (unpaired) electrons. The summed E-state index contributed by atoms with van der Waals surface area (Å²) in [5.41, 5.74) is 3.27. The van der Waals surface area contributed by atoms with Crippen molar-refractivity contribution in [1.29, 1.82) is 0 Å². The molecule has 4 nitrogen and oxygen atoms in total. The van der Waals surface area contributed by atoms with Crippen molar-refractivity contribution < 1.29 is 9.90 Å². The molecule has 96 valence electrons. The SMILES string of the molecule is O=C(N/N=C\c1ccccc1)c1cc(Cl)ccc1O. The van der Waals surface area contributed by atoms with Gasteiger partial charge in [-0.2, -0.15) is 5.10 Å². The summed E-state index contributed by atoms with van der Waals surface area (Å²) in [5, 5.41) is 13.7. The van der Waals surface area contributed by atoms with Crippen LogP contribution in [0.2, 0.25) is 5.02 Å². The summed E-state index contributed by atoms with van der Waals surface area (Å²) in [7, 11) is 0. The second kappa shape index (κ2) is 6.02. The topological polar surface area (TPSA) is 61.7 Å². The van der Waals surface area contributed by atoms with Crippen LogP contribution in [0.4, 0.5) is 0 Å². The molecule has 0 heterocycles. The second-order valence-electron chi connectivity index (χ2n) is 3.77. The summed E-state index contributed by atoms with van der Waals surface area (Å²) in [6.45, 7) is 0. The molecule has 0 spiro atoms. The van der Waals surface area contributed by atoms with Crippen LogP contribution in [-0.4, -0.2) is 17.2 Å². The van der Waals surface area contributed by atoms with Crippen molar-refractivity contribution in [2.75, 3.05) is 0 Å². The minimum atomic E-state index is -0.521. The summed E-state index contributed by atoms with van der Waals surface area (Å²) in [5.74, 6) is -0.663. The number of hydrogen-bond donors (Lipinski definition) is 2. The lowest BCUT2D eigenvalue weighted by molar-refractivity contribution is 0.0952. The van der Waals surface area contributed by atoms with Gasteiger partial charge in [-0.15, -0.1) is 0 Å². The van der Waals surface area contributed by atoms with Gasteiger partial charge < -0.3 is 5.11 Å². The molecule has 0 fully saturated rings. The Hall–Kier alpha value is -2.33. The highest BCUT2D eigenvalue weighted by molar-refractivity contribution is 6.31. The molecule has 0 aliphatic heterocycles. The molecule has 0 saturated carbocycles. The van der Waals surface area contributed by atoms with Gasteiger partial charge in [-0.05, 0) is 23.8 Å². The van der Waals surface area contributed by atoms with Gasteiger partial charge in [0.05, 0.1) is 11.8 Å². The predicted octanol–water partition coefficient (Wildman–Crippen LogP) is 2.81. The van der Waals surface area contributed by atoms with Crippen LogP contribution in [0.5, 0.6) is 5.75 Å². The lowest BCUT2D eigenvalue weighted by Crippen LogP contribution is -2.17. The molecule has 5 heteroatoms. The predicted molar refractivity (Wildman–Crippen MR) is 74.6 cm³/mol. The van der Waals surface area contributed by atoms with Gasteiger partial charge in [-0.1, -0.05) is 41.9 Å². The molecule has 0 aromatic heterocycles. The molecule has 0 unspecified atom stereocenters. The van der Waals surface area contributed by atoms with Gasteiger partial charge in [0.1, 0.15) is 5.75 Å². The van der Waals surface area contributed by atoms with Crippen LogP contribution >= 0.6 is 11.6 Å². The van der Waals surface area contributed by atoms with Crippen LogP contribution in [-0.2, 0) is 0 Å². The minimum Gasteiger partial charge on any atom is -0.507 e. The Morgan fingerprint density at radius 3 is 2.68 bits per heavy atom. The number of halogens is 1.